The molecular weight excluding hydrogens is 362 g/mol. The molecule has 156 valence electrons. The van der Waals surface area contributed by atoms with Crippen molar-refractivity contribution < 1.29 is 5.11 Å². The molecule has 1 atom stereocenters. The third-order valence-electron chi connectivity index (χ3n) is 5.46. The van der Waals surface area contributed by atoms with Crippen LogP contribution in [0.1, 0.15) is 69.4 Å². The molecule has 0 aromatic carbocycles. The normalized spacial score (nSPS) is 12.7. The van der Waals surface area contributed by atoms with E-state index in [0.717, 1.165) is 64.5 Å². The van der Waals surface area contributed by atoms with Crippen LogP contribution in [0.5, 0.6) is 0 Å². The topological polar surface area (TPSA) is 75.9 Å². The number of hydrogen-bond acceptors (Lipinski definition) is 5. The lowest BCUT2D eigenvalue weighted by Gasteiger charge is -2.17. The largest absolute Gasteiger partial charge is 0.394 e. The molecule has 3 aromatic rings. The fourth-order valence-corrected chi connectivity index (χ4v) is 3.81. The fourth-order valence-electron chi connectivity index (χ4n) is 3.81. The van der Waals surface area contributed by atoms with Crippen molar-refractivity contribution in [3.8, 4) is 11.3 Å². The smallest absolute Gasteiger partial charge is 0.159 e. The molecule has 0 aliphatic heterocycles. The molecule has 0 saturated heterocycles. The quantitative estimate of drug-likeness (QED) is 0.569. The van der Waals surface area contributed by atoms with E-state index in [0.29, 0.717) is 5.92 Å². The van der Waals surface area contributed by atoms with Crippen LogP contribution in [-0.2, 0) is 6.42 Å². The highest BCUT2D eigenvalue weighted by Crippen LogP contribution is 2.32. The summed E-state index contributed by atoms with van der Waals surface area (Å²) in [5, 5.41) is 13.1. The molecule has 0 radical (unpaired) electrons. The third kappa shape index (κ3) is 3.99. The first-order valence-corrected chi connectivity index (χ1v) is 10.6. The number of anilines is 1. The molecule has 0 aliphatic rings. The Balaban J connectivity index is 2.21. The number of hydrogen-bond donors (Lipinski definition) is 2. The van der Waals surface area contributed by atoms with Gasteiger partial charge in [-0.15, -0.1) is 0 Å². The van der Waals surface area contributed by atoms with Crippen molar-refractivity contribution in [1.29, 1.82) is 0 Å². The van der Waals surface area contributed by atoms with Gasteiger partial charge in [-0.25, -0.2) is 15.0 Å². The lowest BCUT2D eigenvalue weighted by atomic mass is 10.0. The van der Waals surface area contributed by atoms with Crippen molar-refractivity contribution in [1.82, 2.24) is 19.5 Å². The first-order chi connectivity index (χ1) is 13.9. The summed E-state index contributed by atoms with van der Waals surface area (Å²) in [5.41, 5.74) is 6.67. The molecule has 6 nitrogen and oxygen atoms in total. The molecule has 29 heavy (non-hydrogen) atoms. The fraction of sp³-hybridized carbons (Fsp3) is 0.522. The third-order valence-corrected chi connectivity index (χ3v) is 5.46. The Morgan fingerprint density at radius 1 is 1.14 bits per heavy atom. The van der Waals surface area contributed by atoms with Crippen molar-refractivity contribution in [3.05, 3.63) is 35.3 Å². The minimum absolute atomic E-state index is 0.0286. The number of nitrogens with one attached hydrogen (secondary N) is 1. The molecule has 6 heteroatoms. The number of pyridine rings is 1. The summed E-state index contributed by atoms with van der Waals surface area (Å²) in [6.45, 7) is 10.7. The Kier molecular flexibility index (Phi) is 6.52. The Bertz CT molecular complexity index is 993. The van der Waals surface area contributed by atoms with Crippen molar-refractivity contribution in [2.24, 2.45) is 0 Å². The summed E-state index contributed by atoms with van der Waals surface area (Å²) < 4.78 is 2.10. The van der Waals surface area contributed by atoms with Gasteiger partial charge in [0.1, 0.15) is 11.3 Å². The van der Waals surface area contributed by atoms with Crippen LogP contribution < -0.4 is 5.32 Å². The van der Waals surface area contributed by atoms with Crippen LogP contribution in [0.4, 0.5) is 5.82 Å². The van der Waals surface area contributed by atoms with Gasteiger partial charge in [0.05, 0.1) is 24.0 Å². The van der Waals surface area contributed by atoms with Crippen LogP contribution in [-0.4, -0.2) is 38.3 Å². The lowest BCUT2D eigenvalue weighted by Crippen LogP contribution is -2.13. The number of rotatable bonds is 8. The van der Waals surface area contributed by atoms with Gasteiger partial charge in [0.25, 0.3) is 0 Å². The van der Waals surface area contributed by atoms with Gasteiger partial charge in [0, 0.05) is 24.5 Å². The highest BCUT2D eigenvalue weighted by atomic mass is 16.3. The number of aromatic nitrogens is 4. The Morgan fingerprint density at radius 3 is 2.48 bits per heavy atom. The monoisotopic (exact) mass is 395 g/mol. The van der Waals surface area contributed by atoms with Crippen LogP contribution in [0.2, 0.25) is 0 Å². The van der Waals surface area contributed by atoms with E-state index in [1.807, 2.05) is 7.05 Å². The number of nitrogens with zero attached hydrogens (tertiary/aromatic N) is 4. The molecule has 0 fully saturated rings. The van der Waals surface area contributed by atoms with E-state index in [2.05, 4.69) is 62.8 Å². The lowest BCUT2D eigenvalue weighted by molar-refractivity contribution is 0.222. The number of aliphatic hydroxyl groups excluding tert-OH is 1. The minimum Gasteiger partial charge on any atom is -0.394 e. The summed E-state index contributed by atoms with van der Waals surface area (Å²) in [6.07, 6.45) is 4.77. The summed E-state index contributed by atoms with van der Waals surface area (Å²) in [4.78, 5) is 14.9. The maximum absolute atomic E-state index is 9.89. The Hall–Kier alpha value is -2.47. The zero-order valence-electron chi connectivity index (χ0n) is 18.5. The first kappa shape index (κ1) is 21.2. The van der Waals surface area contributed by atoms with Gasteiger partial charge in [0.15, 0.2) is 5.65 Å². The van der Waals surface area contributed by atoms with Crippen LogP contribution >= 0.6 is 0 Å². The van der Waals surface area contributed by atoms with Crippen molar-refractivity contribution in [2.75, 3.05) is 19.0 Å². The highest BCUT2D eigenvalue weighted by molar-refractivity contribution is 5.82. The molecule has 0 bridgehead atoms. The molecule has 3 rings (SSSR count). The molecule has 0 spiro atoms. The van der Waals surface area contributed by atoms with Crippen LogP contribution in [0.25, 0.3) is 22.4 Å². The maximum Gasteiger partial charge on any atom is 0.159 e. The predicted octanol–water partition coefficient (Wildman–Crippen LogP) is 4.86. The van der Waals surface area contributed by atoms with Gasteiger partial charge in [-0.05, 0) is 43.4 Å². The first-order valence-electron chi connectivity index (χ1n) is 10.6. The van der Waals surface area contributed by atoms with Crippen LogP contribution in [0.15, 0.2) is 18.3 Å². The number of aliphatic hydroxyl groups is 1. The molecule has 3 heterocycles. The summed E-state index contributed by atoms with van der Waals surface area (Å²) in [7, 11) is 1.89. The average Bonchev–Trinajstić information content (AvgIpc) is 3.05. The second-order valence-electron chi connectivity index (χ2n) is 7.93. The summed E-state index contributed by atoms with van der Waals surface area (Å²) in [5.74, 6) is 1.19. The van der Waals surface area contributed by atoms with Gasteiger partial charge in [-0.2, -0.15) is 0 Å². The SMILES string of the molecule is CCC[C@@H](CO)n1cc(C)c2nc(-c3ccc(C(C)C)nc3NC)c(CC)nc21. The zero-order chi connectivity index (χ0) is 21.1. The predicted molar refractivity (Wildman–Crippen MR) is 120 cm³/mol. The van der Waals surface area contributed by atoms with Crippen molar-refractivity contribution in [3.63, 3.8) is 0 Å². The second-order valence-corrected chi connectivity index (χ2v) is 7.93. The number of aryl methyl sites for hydroxylation is 2. The van der Waals surface area contributed by atoms with Crippen LogP contribution in [0, 0.1) is 6.92 Å². The Labute approximate surface area is 173 Å². The van der Waals surface area contributed by atoms with Gasteiger partial charge in [-0.3, -0.25) is 0 Å². The molecule has 3 aromatic heterocycles. The maximum atomic E-state index is 9.89. The highest BCUT2D eigenvalue weighted by Gasteiger charge is 2.20. The van der Waals surface area contributed by atoms with E-state index in [4.69, 9.17) is 15.0 Å². The molecule has 0 amide bonds. The van der Waals surface area contributed by atoms with E-state index in [9.17, 15) is 5.11 Å². The van der Waals surface area contributed by atoms with E-state index >= 15 is 0 Å². The Morgan fingerprint density at radius 2 is 1.90 bits per heavy atom. The van der Waals surface area contributed by atoms with Gasteiger partial charge in [0.2, 0.25) is 0 Å². The van der Waals surface area contributed by atoms with Gasteiger partial charge in [-0.1, -0.05) is 34.1 Å². The molecule has 2 N–H and O–H groups in total. The number of fused-ring (bicyclic) bond motifs is 1. The average molecular weight is 396 g/mol. The van der Waals surface area contributed by atoms with Gasteiger partial charge >= 0.3 is 0 Å². The molecule has 0 saturated carbocycles. The van der Waals surface area contributed by atoms with E-state index < -0.39 is 0 Å². The minimum atomic E-state index is 0.0286. The van der Waals surface area contributed by atoms with Gasteiger partial charge < -0.3 is 15.0 Å². The second kappa shape index (κ2) is 8.91. The van der Waals surface area contributed by atoms with E-state index in [1.54, 1.807) is 0 Å². The summed E-state index contributed by atoms with van der Waals surface area (Å²) in [6, 6.07) is 4.21. The molecule has 0 aliphatic carbocycles. The van der Waals surface area contributed by atoms with E-state index in [1.165, 1.54) is 0 Å². The molecular formula is C23H33N5O. The van der Waals surface area contributed by atoms with Crippen molar-refractivity contribution >= 4 is 17.0 Å². The van der Waals surface area contributed by atoms with Crippen LogP contribution in [0.3, 0.4) is 0 Å². The van der Waals surface area contributed by atoms with E-state index in [-0.39, 0.29) is 12.6 Å². The zero-order valence-corrected chi connectivity index (χ0v) is 18.5. The standard InChI is InChI=1S/C23H33N5O/c1-7-9-16(13-29)28-12-15(5)20-23(28)26-18(8-2)21(27-20)17-10-11-19(14(3)4)25-22(17)24-6/h10-12,14,16,29H,7-9,13H2,1-6H3,(H,24,25)/t16-/m0/s1. The molecule has 0 unspecified atom stereocenters. The van der Waals surface area contributed by atoms with Crippen molar-refractivity contribution in [2.45, 2.75) is 65.8 Å². The summed E-state index contributed by atoms with van der Waals surface area (Å²) >= 11 is 0.